The zero-order chi connectivity index (χ0) is 28.7. The second-order valence-corrected chi connectivity index (χ2v) is 11.5. The lowest BCUT2D eigenvalue weighted by Crippen LogP contribution is -2.51. The molecule has 0 spiro atoms. The number of anilines is 1. The fourth-order valence-corrected chi connectivity index (χ4v) is 5.81. The number of rotatable bonds is 11. The standard InChI is InChI=1S/C28H31Cl2N3O5S/c1-5-31-28(35)20(3)32(17-24-25(29)10-7-11-26(24)30)27(34)18-33(21-8-6-9-22(16-21)38-4)39(36,37)23-14-12-19(2)13-15-23/h6-16,20H,5,17-18H2,1-4H3,(H,31,35)/t20-/m0/s1. The van der Waals surface area contributed by atoms with E-state index in [1.54, 1.807) is 62.4 Å². The molecule has 39 heavy (non-hydrogen) atoms. The number of methoxy groups -OCH3 is 1. The summed E-state index contributed by atoms with van der Waals surface area (Å²) in [5, 5.41) is 3.35. The fraction of sp³-hybridized carbons (Fsp3) is 0.286. The van der Waals surface area contributed by atoms with Gasteiger partial charge in [0, 0.05) is 34.8 Å². The largest absolute Gasteiger partial charge is 0.497 e. The van der Waals surface area contributed by atoms with E-state index in [1.807, 2.05) is 6.92 Å². The Morgan fingerprint density at radius 3 is 2.21 bits per heavy atom. The Hall–Kier alpha value is -3.27. The molecule has 0 bridgehead atoms. The van der Waals surface area contributed by atoms with Crippen molar-refractivity contribution in [2.75, 3.05) is 24.5 Å². The first-order valence-electron chi connectivity index (χ1n) is 12.2. The van der Waals surface area contributed by atoms with E-state index >= 15 is 0 Å². The predicted octanol–water partition coefficient (Wildman–Crippen LogP) is 5.06. The maximum absolute atomic E-state index is 13.9. The number of hydrogen-bond acceptors (Lipinski definition) is 5. The summed E-state index contributed by atoms with van der Waals surface area (Å²) in [6.07, 6.45) is 0. The molecule has 0 heterocycles. The molecule has 3 rings (SSSR count). The van der Waals surface area contributed by atoms with E-state index in [0.29, 0.717) is 27.9 Å². The third-order valence-electron chi connectivity index (χ3n) is 6.14. The maximum atomic E-state index is 13.9. The first kappa shape index (κ1) is 30.3. The summed E-state index contributed by atoms with van der Waals surface area (Å²) in [4.78, 5) is 28.0. The molecule has 0 aliphatic heterocycles. The van der Waals surface area contributed by atoms with Crippen LogP contribution in [0.15, 0.2) is 71.6 Å². The number of nitrogens with one attached hydrogen (secondary N) is 1. The fourth-order valence-electron chi connectivity index (χ4n) is 3.89. The third-order valence-corrected chi connectivity index (χ3v) is 8.63. The Morgan fingerprint density at radius 1 is 1.00 bits per heavy atom. The van der Waals surface area contributed by atoms with Crippen LogP contribution in [0, 0.1) is 6.92 Å². The number of amides is 2. The average molecular weight is 593 g/mol. The quantitative estimate of drug-likeness (QED) is 0.336. The molecule has 2 amide bonds. The van der Waals surface area contributed by atoms with Crippen LogP contribution in [0.25, 0.3) is 0 Å². The van der Waals surface area contributed by atoms with Crippen LogP contribution >= 0.6 is 23.2 Å². The van der Waals surface area contributed by atoms with Crippen LogP contribution in [0.2, 0.25) is 10.0 Å². The van der Waals surface area contributed by atoms with Crippen molar-refractivity contribution >= 4 is 50.7 Å². The number of hydrogen-bond donors (Lipinski definition) is 1. The van der Waals surface area contributed by atoms with Gasteiger partial charge >= 0.3 is 0 Å². The molecule has 3 aromatic rings. The molecular weight excluding hydrogens is 561 g/mol. The lowest BCUT2D eigenvalue weighted by atomic mass is 10.1. The monoisotopic (exact) mass is 591 g/mol. The number of aryl methyl sites for hydroxylation is 1. The van der Waals surface area contributed by atoms with E-state index in [1.165, 1.54) is 30.2 Å². The molecule has 0 saturated heterocycles. The molecule has 0 aliphatic carbocycles. The number of carbonyl (C=O) groups excluding carboxylic acids is 2. The molecule has 11 heteroatoms. The summed E-state index contributed by atoms with van der Waals surface area (Å²) in [5.41, 5.74) is 1.56. The number of sulfonamides is 1. The highest BCUT2D eigenvalue weighted by Crippen LogP contribution is 2.29. The smallest absolute Gasteiger partial charge is 0.264 e. The molecule has 0 saturated carbocycles. The maximum Gasteiger partial charge on any atom is 0.264 e. The summed E-state index contributed by atoms with van der Waals surface area (Å²) >= 11 is 12.8. The van der Waals surface area contributed by atoms with Crippen molar-refractivity contribution in [2.45, 2.75) is 38.3 Å². The van der Waals surface area contributed by atoms with Crippen molar-refractivity contribution in [1.82, 2.24) is 10.2 Å². The third kappa shape index (κ3) is 7.23. The molecule has 0 radical (unpaired) electrons. The van der Waals surface area contributed by atoms with Gasteiger partial charge in [-0.25, -0.2) is 8.42 Å². The van der Waals surface area contributed by atoms with Gasteiger partial charge in [-0.1, -0.05) is 53.0 Å². The van der Waals surface area contributed by atoms with Crippen molar-refractivity contribution in [3.63, 3.8) is 0 Å². The van der Waals surface area contributed by atoms with Crippen molar-refractivity contribution in [1.29, 1.82) is 0 Å². The topological polar surface area (TPSA) is 96.0 Å². The zero-order valence-electron chi connectivity index (χ0n) is 22.1. The van der Waals surface area contributed by atoms with E-state index in [2.05, 4.69) is 5.32 Å². The van der Waals surface area contributed by atoms with Crippen LogP contribution < -0.4 is 14.4 Å². The van der Waals surface area contributed by atoms with Gasteiger partial charge in [-0.15, -0.1) is 0 Å². The molecule has 0 fully saturated rings. The zero-order valence-corrected chi connectivity index (χ0v) is 24.5. The Bertz CT molecular complexity index is 1410. The van der Waals surface area contributed by atoms with Crippen LogP contribution in [0.1, 0.15) is 25.0 Å². The molecule has 3 aromatic carbocycles. The van der Waals surface area contributed by atoms with Gasteiger partial charge in [-0.3, -0.25) is 13.9 Å². The molecular formula is C28H31Cl2N3O5S. The summed E-state index contributed by atoms with van der Waals surface area (Å²) in [5.74, 6) is -0.606. The Labute approximate surface area is 239 Å². The normalized spacial score (nSPS) is 11.9. The molecule has 208 valence electrons. The van der Waals surface area contributed by atoms with Gasteiger partial charge in [0.05, 0.1) is 17.7 Å². The first-order chi connectivity index (χ1) is 18.5. The minimum atomic E-state index is -4.19. The Balaban J connectivity index is 2.08. The van der Waals surface area contributed by atoms with Gasteiger partial charge in [0.15, 0.2) is 0 Å². The van der Waals surface area contributed by atoms with Gasteiger partial charge in [-0.2, -0.15) is 0 Å². The molecule has 0 aliphatic rings. The highest BCUT2D eigenvalue weighted by molar-refractivity contribution is 7.92. The van der Waals surface area contributed by atoms with E-state index in [4.69, 9.17) is 27.9 Å². The predicted molar refractivity (Wildman–Crippen MR) is 154 cm³/mol. The van der Waals surface area contributed by atoms with Crippen LogP contribution in [-0.2, 0) is 26.2 Å². The summed E-state index contributed by atoms with van der Waals surface area (Å²) in [7, 11) is -2.73. The first-order valence-corrected chi connectivity index (χ1v) is 14.4. The molecule has 1 N–H and O–H groups in total. The summed E-state index contributed by atoms with van der Waals surface area (Å²) < 4.78 is 34.0. The van der Waals surface area contributed by atoms with Gasteiger partial charge in [-0.05, 0) is 57.2 Å². The van der Waals surface area contributed by atoms with E-state index in [9.17, 15) is 18.0 Å². The average Bonchev–Trinajstić information content (AvgIpc) is 2.91. The van der Waals surface area contributed by atoms with Crippen molar-refractivity contribution in [3.8, 4) is 5.75 Å². The SMILES string of the molecule is CCNC(=O)[C@H](C)N(Cc1c(Cl)cccc1Cl)C(=O)CN(c1cccc(OC)c1)S(=O)(=O)c1ccc(C)cc1. The second-order valence-electron chi connectivity index (χ2n) is 8.82. The van der Waals surface area contributed by atoms with E-state index in [0.717, 1.165) is 9.87 Å². The summed E-state index contributed by atoms with van der Waals surface area (Å²) in [6, 6.07) is 16.7. The van der Waals surface area contributed by atoms with Crippen molar-refractivity contribution < 1.29 is 22.7 Å². The van der Waals surface area contributed by atoms with Gasteiger partial charge in [0.1, 0.15) is 18.3 Å². The number of halogens is 2. The highest BCUT2D eigenvalue weighted by Gasteiger charge is 2.33. The Morgan fingerprint density at radius 2 is 1.62 bits per heavy atom. The Kier molecular flexibility index (Phi) is 10.2. The number of carbonyl (C=O) groups is 2. The summed E-state index contributed by atoms with van der Waals surface area (Å²) in [6.45, 7) is 4.84. The highest BCUT2D eigenvalue weighted by atomic mass is 35.5. The number of benzene rings is 3. The van der Waals surface area contributed by atoms with Crippen LogP contribution in [0.4, 0.5) is 5.69 Å². The second kappa shape index (κ2) is 13.2. The van der Waals surface area contributed by atoms with Crippen LogP contribution in [0.3, 0.4) is 0 Å². The van der Waals surface area contributed by atoms with E-state index in [-0.39, 0.29) is 17.1 Å². The molecule has 0 unspecified atom stereocenters. The minimum Gasteiger partial charge on any atom is -0.497 e. The minimum absolute atomic E-state index is 0.0150. The van der Waals surface area contributed by atoms with Crippen LogP contribution in [-0.4, -0.2) is 51.4 Å². The molecule has 8 nitrogen and oxygen atoms in total. The number of ether oxygens (including phenoxy) is 1. The molecule has 0 aromatic heterocycles. The lowest BCUT2D eigenvalue weighted by molar-refractivity contribution is -0.139. The van der Waals surface area contributed by atoms with Crippen molar-refractivity contribution in [2.24, 2.45) is 0 Å². The van der Waals surface area contributed by atoms with Crippen molar-refractivity contribution in [3.05, 3.63) is 87.9 Å². The van der Waals surface area contributed by atoms with E-state index < -0.39 is 34.4 Å². The van der Waals surface area contributed by atoms with Crippen LogP contribution in [0.5, 0.6) is 5.75 Å². The van der Waals surface area contributed by atoms with Gasteiger partial charge < -0.3 is 15.0 Å². The number of nitrogens with zero attached hydrogens (tertiary/aromatic N) is 2. The van der Waals surface area contributed by atoms with Gasteiger partial charge in [0.2, 0.25) is 11.8 Å². The number of likely N-dealkylation sites (N-methyl/N-ethyl adjacent to an activating group) is 1. The lowest BCUT2D eigenvalue weighted by Gasteiger charge is -2.32. The van der Waals surface area contributed by atoms with Gasteiger partial charge in [0.25, 0.3) is 10.0 Å². The molecule has 1 atom stereocenters.